The molecule has 40 heavy (non-hydrogen) atoms. The highest BCUT2D eigenvalue weighted by atomic mass is 32.2. The zero-order chi connectivity index (χ0) is 28.2. The Morgan fingerprint density at radius 2 is 1.85 bits per heavy atom. The number of rotatable bonds is 6. The van der Waals surface area contributed by atoms with Gasteiger partial charge in [-0.2, -0.15) is 0 Å². The number of pyridine rings is 2. The molecule has 12 heteroatoms. The molecular formula is C28H29FN6O4S. The summed E-state index contributed by atoms with van der Waals surface area (Å²) in [7, 11) is -0.407. The second-order valence-electron chi connectivity index (χ2n) is 10.2. The van der Waals surface area contributed by atoms with E-state index in [1.807, 2.05) is 24.6 Å². The number of fused-ring (bicyclic) bond motifs is 3. The van der Waals surface area contributed by atoms with Crippen molar-refractivity contribution < 1.29 is 22.3 Å². The van der Waals surface area contributed by atoms with Crippen LogP contribution in [0.1, 0.15) is 30.1 Å². The van der Waals surface area contributed by atoms with E-state index in [1.165, 1.54) is 31.7 Å². The second kappa shape index (κ2) is 9.93. The number of methoxy groups -OCH3 is 1. The van der Waals surface area contributed by atoms with E-state index in [4.69, 9.17) is 14.5 Å². The summed E-state index contributed by atoms with van der Waals surface area (Å²) in [5.41, 5.74) is 4.87. The van der Waals surface area contributed by atoms with Gasteiger partial charge in [-0.1, -0.05) is 17.3 Å². The first-order chi connectivity index (χ1) is 19.2. The molecule has 4 aromatic heterocycles. The molecule has 0 aliphatic carbocycles. The number of hydrogen-bond acceptors (Lipinski definition) is 8. The van der Waals surface area contributed by atoms with Crippen LogP contribution < -0.4 is 4.74 Å². The topological polar surface area (TPSA) is 114 Å². The molecule has 0 saturated carbocycles. The van der Waals surface area contributed by atoms with Crippen molar-refractivity contribution in [1.29, 1.82) is 0 Å². The predicted octanol–water partition coefficient (Wildman–Crippen LogP) is 4.26. The second-order valence-corrected chi connectivity index (χ2v) is 12.2. The van der Waals surface area contributed by atoms with Gasteiger partial charge in [0.25, 0.3) is 0 Å². The third kappa shape index (κ3) is 4.31. The Bertz CT molecular complexity index is 1820. The Morgan fingerprint density at radius 1 is 1.12 bits per heavy atom. The van der Waals surface area contributed by atoms with Crippen LogP contribution in [0.4, 0.5) is 4.39 Å². The number of hydrogen-bond donors (Lipinski definition) is 0. The van der Waals surface area contributed by atoms with Crippen molar-refractivity contribution in [3.05, 3.63) is 59.8 Å². The fourth-order valence-electron chi connectivity index (χ4n) is 5.89. The molecule has 0 amide bonds. The van der Waals surface area contributed by atoms with E-state index in [0.717, 1.165) is 35.4 Å². The van der Waals surface area contributed by atoms with Crippen LogP contribution in [0, 0.1) is 18.7 Å². The molecule has 1 atom stereocenters. The summed E-state index contributed by atoms with van der Waals surface area (Å²) in [6, 6.07) is 8.03. The Balaban J connectivity index is 1.79. The highest BCUT2D eigenvalue weighted by molar-refractivity contribution is 7.91. The van der Waals surface area contributed by atoms with Gasteiger partial charge in [-0.05, 0) is 49.4 Å². The van der Waals surface area contributed by atoms with Gasteiger partial charge in [0.15, 0.2) is 9.84 Å². The molecule has 6 rings (SSSR count). The fraction of sp³-hybridized carbons (Fsp3) is 0.357. The van der Waals surface area contributed by atoms with Gasteiger partial charge in [-0.15, -0.1) is 5.10 Å². The molecule has 1 aliphatic heterocycles. The molecule has 0 spiro atoms. The molecule has 1 saturated heterocycles. The summed E-state index contributed by atoms with van der Waals surface area (Å²) in [4.78, 5) is 9.28. The minimum absolute atomic E-state index is 0.0698. The summed E-state index contributed by atoms with van der Waals surface area (Å²) in [6.07, 6.45) is 5.73. The van der Waals surface area contributed by atoms with Crippen LogP contribution in [0.25, 0.3) is 33.2 Å². The molecule has 5 aromatic rings. The summed E-state index contributed by atoms with van der Waals surface area (Å²) in [5, 5.41) is 8.85. The normalized spacial score (nSPS) is 15.6. The van der Waals surface area contributed by atoms with Gasteiger partial charge >= 0.3 is 0 Å². The van der Waals surface area contributed by atoms with Crippen molar-refractivity contribution in [2.75, 3.05) is 26.6 Å². The van der Waals surface area contributed by atoms with E-state index in [0.29, 0.717) is 35.2 Å². The number of ether oxygens (including phenoxy) is 2. The minimum atomic E-state index is -3.72. The van der Waals surface area contributed by atoms with Gasteiger partial charge in [-0.25, -0.2) is 22.5 Å². The highest BCUT2D eigenvalue weighted by Crippen LogP contribution is 2.44. The number of benzene rings is 1. The fourth-order valence-corrected chi connectivity index (χ4v) is 6.69. The number of nitrogens with zero attached hydrogens (tertiary/aromatic N) is 6. The van der Waals surface area contributed by atoms with Gasteiger partial charge in [0, 0.05) is 38.3 Å². The van der Waals surface area contributed by atoms with Crippen LogP contribution in [0.3, 0.4) is 0 Å². The van der Waals surface area contributed by atoms with E-state index in [2.05, 4.69) is 15.3 Å². The third-order valence-electron chi connectivity index (χ3n) is 7.65. The van der Waals surface area contributed by atoms with E-state index in [9.17, 15) is 12.8 Å². The monoisotopic (exact) mass is 564 g/mol. The van der Waals surface area contributed by atoms with Gasteiger partial charge in [0.05, 0.1) is 47.2 Å². The van der Waals surface area contributed by atoms with Crippen molar-refractivity contribution in [3.8, 4) is 17.1 Å². The maximum Gasteiger partial charge on any atom is 0.224 e. The quantitative estimate of drug-likeness (QED) is 0.301. The van der Waals surface area contributed by atoms with Crippen LogP contribution in [0.2, 0.25) is 0 Å². The third-order valence-corrected chi connectivity index (χ3v) is 8.75. The van der Waals surface area contributed by atoms with Crippen molar-refractivity contribution in [1.82, 2.24) is 29.5 Å². The lowest BCUT2D eigenvalue weighted by Gasteiger charge is -2.33. The average Bonchev–Trinajstić information content (AvgIpc) is 3.45. The Kier molecular flexibility index (Phi) is 6.54. The van der Waals surface area contributed by atoms with Gasteiger partial charge in [0.2, 0.25) is 5.88 Å². The lowest BCUT2D eigenvalue weighted by molar-refractivity contribution is 0.0552. The molecule has 1 aliphatic rings. The molecule has 0 bridgehead atoms. The van der Waals surface area contributed by atoms with Crippen LogP contribution in [-0.2, 0) is 21.6 Å². The number of aryl methyl sites for hydroxylation is 2. The van der Waals surface area contributed by atoms with Crippen LogP contribution in [-0.4, -0.2) is 64.5 Å². The van der Waals surface area contributed by atoms with Crippen molar-refractivity contribution in [2.24, 2.45) is 13.0 Å². The summed E-state index contributed by atoms with van der Waals surface area (Å²) >= 11 is 0. The highest BCUT2D eigenvalue weighted by Gasteiger charge is 2.34. The summed E-state index contributed by atoms with van der Waals surface area (Å²) in [5.74, 6) is 0.00508. The Hall–Kier alpha value is -3.90. The minimum Gasteiger partial charge on any atom is -0.480 e. The molecule has 208 valence electrons. The number of sulfone groups is 1. The van der Waals surface area contributed by atoms with Crippen LogP contribution in [0.15, 0.2) is 47.6 Å². The Labute approximate surface area is 230 Å². The molecule has 0 radical (unpaired) electrons. The van der Waals surface area contributed by atoms with Crippen molar-refractivity contribution in [3.63, 3.8) is 0 Å². The number of halogens is 1. The number of aromatic nitrogens is 6. The smallest absolute Gasteiger partial charge is 0.224 e. The van der Waals surface area contributed by atoms with Crippen molar-refractivity contribution >= 4 is 31.8 Å². The zero-order valence-corrected chi connectivity index (χ0v) is 23.4. The molecule has 1 fully saturated rings. The van der Waals surface area contributed by atoms with Gasteiger partial charge in [0.1, 0.15) is 16.2 Å². The van der Waals surface area contributed by atoms with E-state index in [1.54, 1.807) is 23.0 Å². The van der Waals surface area contributed by atoms with Crippen LogP contribution >= 0.6 is 0 Å². The average molecular weight is 565 g/mol. The largest absolute Gasteiger partial charge is 0.480 e. The predicted molar refractivity (Wildman–Crippen MR) is 148 cm³/mol. The summed E-state index contributed by atoms with van der Waals surface area (Å²) in [6.45, 7) is 3.03. The van der Waals surface area contributed by atoms with E-state index >= 15 is 0 Å². The lowest BCUT2D eigenvalue weighted by atomic mass is 9.86. The SMILES string of the molecule is COc1ncc(S(C)(=O)=O)c2c1c1ncc(-c3c(C)nnn3C)cc1n2[C@H](c1ccc(F)cc1)C1CCOCC1. The first kappa shape index (κ1) is 26.3. The molecule has 1 aromatic carbocycles. The zero-order valence-electron chi connectivity index (χ0n) is 22.6. The van der Waals surface area contributed by atoms with Crippen molar-refractivity contribution in [2.45, 2.75) is 30.7 Å². The molecule has 5 heterocycles. The standard InChI is InChI=1S/C28H29FN6O4S/c1-16-25(34(2)33-32-16)19-13-21-24(30-14-19)23-27(22(40(4,36)37)15-31-28(23)38-3)35(21)26(18-9-11-39-12-10-18)17-5-7-20(29)8-6-17/h5-8,13-15,18,26H,9-12H2,1-4H3/t26-/m1/s1. The maximum absolute atomic E-state index is 14.1. The van der Waals surface area contributed by atoms with Crippen LogP contribution in [0.5, 0.6) is 5.88 Å². The Morgan fingerprint density at radius 3 is 2.48 bits per heavy atom. The van der Waals surface area contributed by atoms with E-state index in [-0.39, 0.29) is 28.6 Å². The summed E-state index contributed by atoms with van der Waals surface area (Å²) < 4.78 is 55.5. The molecule has 10 nitrogen and oxygen atoms in total. The van der Waals surface area contributed by atoms with E-state index < -0.39 is 9.84 Å². The lowest BCUT2D eigenvalue weighted by Crippen LogP contribution is -2.27. The molecular weight excluding hydrogens is 535 g/mol. The maximum atomic E-state index is 14.1. The first-order valence-electron chi connectivity index (χ1n) is 13.0. The van der Waals surface area contributed by atoms with Gasteiger partial charge in [-0.3, -0.25) is 4.98 Å². The molecule has 0 N–H and O–H groups in total. The molecule has 0 unspecified atom stereocenters. The van der Waals surface area contributed by atoms with Gasteiger partial charge < -0.3 is 14.0 Å². The first-order valence-corrected chi connectivity index (χ1v) is 14.8.